The van der Waals surface area contributed by atoms with Gasteiger partial charge in [-0.05, 0) is 18.8 Å². The molecule has 0 saturated heterocycles. The maximum Gasteiger partial charge on any atom is 0.0919 e. The van der Waals surface area contributed by atoms with E-state index in [0.29, 0.717) is 0 Å². The molecule has 0 aliphatic rings. The Morgan fingerprint density at radius 1 is 1.62 bits per heavy atom. The zero-order valence-electron chi connectivity index (χ0n) is 5.23. The molecule has 0 rings (SSSR count). The Bertz CT molecular complexity index is 47.8. The van der Waals surface area contributed by atoms with Crippen molar-refractivity contribution in [2.75, 3.05) is 13.3 Å². The lowest BCUT2D eigenvalue weighted by atomic mass is 10.1. The van der Waals surface area contributed by atoms with Crippen LogP contribution in [0.5, 0.6) is 0 Å². The Hall–Kier alpha value is -0.110. The molecular formula is C6H13FO. The third-order valence-electron chi connectivity index (χ3n) is 1.12. The minimum absolute atomic E-state index is 0.127. The number of aliphatic hydroxyl groups excluding tert-OH is 1. The molecule has 0 heterocycles. The normalized spacial score (nSPS) is 13.9. The molecule has 1 nitrogen and oxygen atoms in total. The van der Waals surface area contributed by atoms with Gasteiger partial charge >= 0.3 is 0 Å². The highest BCUT2D eigenvalue weighted by Crippen LogP contribution is 2.03. The quantitative estimate of drug-likeness (QED) is 0.594. The second kappa shape index (κ2) is 5.04. The van der Waals surface area contributed by atoms with Crippen LogP contribution in [0.3, 0.4) is 0 Å². The van der Waals surface area contributed by atoms with Crippen molar-refractivity contribution in [3.05, 3.63) is 0 Å². The Kier molecular flexibility index (Phi) is 4.97. The lowest BCUT2D eigenvalue weighted by Crippen LogP contribution is -1.97. The van der Waals surface area contributed by atoms with E-state index in [0.717, 1.165) is 12.8 Å². The van der Waals surface area contributed by atoms with Gasteiger partial charge in [-0.15, -0.1) is 0 Å². The fourth-order valence-corrected chi connectivity index (χ4v) is 0.517. The van der Waals surface area contributed by atoms with Gasteiger partial charge in [0.15, 0.2) is 0 Å². The summed E-state index contributed by atoms with van der Waals surface area (Å²) in [7, 11) is 0. The summed E-state index contributed by atoms with van der Waals surface area (Å²) in [6.07, 6.45) is 1.53. The Morgan fingerprint density at radius 2 is 2.25 bits per heavy atom. The van der Waals surface area contributed by atoms with Crippen LogP contribution in [0.2, 0.25) is 0 Å². The topological polar surface area (TPSA) is 20.2 Å². The van der Waals surface area contributed by atoms with Gasteiger partial charge < -0.3 is 5.11 Å². The van der Waals surface area contributed by atoms with E-state index < -0.39 is 0 Å². The van der Waals surface area contributed by atoms with Crippen molar-refractivity contribution >= 4 is 0 Å². The minimum atomic E-state index is -0.264. The van der Waals surface area contributed by atoms with E-state index in [1.165, 1.54) is 0 Å². The number of halogens is 1. The molecule has 0 aromatic heterocycles. The highest BCUT2D eigenvalue weighted by Gasteiger charge is 1.97. The van der Waals surface area contributed by atoms with Gasteiger partial charge in [0.05, 0.1) is 6.67 Å². The van der Waals surface area contributed by atoms with E-state index in [1.54, 1.807) is 0 Å². The molecule has 8 heavy (non-hydrogen) atoms. The highest BCUT2D eigenvalue weighted by molar-refractivity contribution is 4.48. The van der Waals surface area contributed by atoms with Crippen LogP contribution in [0.15, 0.2) is 0 Å². The predicted molar refractivity (Wildman–Crippen MR) is 31.5 cm³/mol. The summed E-state index contributed by atoms with van der Waals surface area (Å²) < 4.78 is 11.6. The van der Waals surface area contributed by atoms with Gasteiger partial charge in [0, 0.05) is 6.61 Å². The van der Waals surface area contributed by atoms with E-state index in [1.807, 2.05) is 6.92 Å². The summed E-state index contributed by atoms with van der Waals surface area (Å²) in [6, 6.07) is 0. The third-order valence-corrected chi connectivity index (χ3v) is 1.12. The third kappa shape index (κ3) is 4.06. The number of hydrogen-bond donors (Lipinski definition) is 1. The fraction of sp³-hybridized carbons (Fsp3) is 1.00. The summed E-state index contributed by atoms with van der Waals surface area (Å²) in [5.41, 5.74) is 0. The van der Waals surface area contributed by atoms with Crippen molar-refractivity contribution in [3.63, 3.8) is 0 Å². The molecule has 1 atom stereocenters. The first-order valence-corrected chi connectivity index (χ1v) is 2.98. The zero-order chi connectivity index (χ0) is 6.41. The molecular weight excluding hydrogens is 107 g/mol. The van der Waals surface area contributed by atoms with Crippen molar-refractivity contribution in [2.45, 2.75) is 19.8 Å². The standard InChI is InChI=1S/C6H13FO/c1-6(5-7)3-2-4-8/h6,8H,2-5H2,1H3. The monoisotopic (exact) mass is 120 g/mol. The molecule has 0 bridgehead atoms. The Labute approximate surface area is 49.5 Å². The van der Waals surface area contributed by atoms with Gasteiger partial charge in [0.2, 0.25) is 0 Å². The van der Waals surface area contributed by atoms with Crippen LogP contribution in [0, 0.1) is 5.92 Å². The fourth-order valence-electron chi connectivity index (χ4n) is 0.517. The van der Waals surface area contributed by atoms with Crippen LogP contribution < -0.4 is 0 Å². The maximum absolute atomic E-state index is 11.6. The zero-order valence-corrected chi connectivity index (χ0v) is 5.23. The van der Waals surface area contributed by atoms with Crippen LogP contribution in [-0.2, 0) is 0 Å². The second-order valence-electron chi connectivity index (χ2n) is 2.13. The SMILES string of the molecule is CC(CF)CCCO. The highest BCUT2D eigenvalue weighted by atomic mass is 19.1. The largest absolute Gasteiger partial charge is 0.396 e. The lowest BCUT2D eigenvalue weighted by molar-refractivity contribution is 0.263. The molecule has 0 aliphatic heterocycles. The molecule has 0 aromatic carbocycles. The molecule has 0 aromatic rings. The van der Waals surface area contributed by atoms with E-state index in [4.69, 9.17) is 5.11 Å². The molecule has 0 spiro atoms. The first-order chi connectivity index (χ1) is 3.81. The lowest BCUT2D eigenvalue weighted by Gasteiger charge is -2.01. The van der Waals surface area contributed by atoms with Crippen LogP contribution in [0.25, 0.3) is 0 Å². The molecule has 0 saturated carbocycles. The molecule has 1 unspecified atom stereocenters. The second-order valence-corrected chi connectivity index (χ2v) is 2.13. The molecule has 0 aliphatic carbocycles. The van der Waals surface area contributed by atoms with Crippen molar-refractivity contribution in [2.24, 2.45) is 5.92 Å². The summed E-state index contributed by atoms with van der Waals surface area (Å²) in [5.74, 6) is 0.127. The summed E-state index contributed by atoms with van der Waals surface area (Å²) in [5, 5.41) is 8.29. The molecule has 0 fully saturated rings. The van der Waals surface area contributed by atoms with Crippen LogP contribution >= 0.6 is 0 Å². The molecule has 0 amide bonds. The molecule has 50 valence electrons. The van der Waals surface area contributed by atoms with Gasteiger partial charge in [-0.25, -0.2) is 0 Å². The molecule has 1 N–H and O–H groups in total. The van der Waals surface area contributed by atoms with Gasteiger partial charge in [0.1, 0.15) is 0 Å². The first-order valence-electron chi connectivity index (χ1n) is 2.98. The van der Waals surface area contributed by atoms with E-state index in [9.17, 15) is 4.39 Å². The van der Waals surface area contributed by atoms with Crippen molar-refractivity contribution < 1.29 is 9.50 Å². The van der Waals surface area contributed by atoms with E-state index >= 15 is 0 Å². The predicted octanol–water partition coefficient (Wildman–Crippen LogP) is 1.36. The Morgan fingerprint density at radius 3 is 2.62 bits per heavy atom. The van der Waals surface area contributed by atoms with Crippen molar-refractivity contribution in [3.8, 4) is 0 Å². The smallest absolute Gasteiger partial charge is 0.0919 e. The maximum atomic E-state index is 11.6. The summed E-state index contributed by atoms with van der Waals surface area (Å²) >= 11 is 0. The summed E-state index contributed by atoms with van der Waals surface area (Å²) in [4.78, 5) is 0. The van der Waals surface area contributed by atoms with Gasteiger partial charge in [-0.1, -0.05) is 6.92 Å². The van der Waals surface area contributed by atoms with E-state index in [2.05, 4.69) is 0 Å². The van der Waals surface area contributed by atoms with Crippen LogP contribution in [0.1, 0.15) is 19.8 Å². The van der Waals surface area contributed by atoms with Crippen LogP contribution in [-0.4, -0.2) is 18.4 Å². The average molecular weight is 120 g/mol. The van der Waals surface area contributed by atoms with Gasteiger partial charge in [0.25, 0.3) is 0 Å². The summed E-state index contributed by atoms with van der Waals surface area (Å²) in [6.45, 7) is 1.76. The van der Waals surface area contributed by atoms with Gasteiger partial charge in [-0.2, -0.15) is 0 Å². The number of aliphatic hydroxyl groups is 1. The van der Waals surface area contributed by atoms with Crippen LogP contribution in [0.4, 0.5) is 4.39 Å². The number of rotatable bonds is 4. The minimum Gasteiger partial charge on any atom is -0.396 e. The number of alkyl halides is 1. The first kappa shape index (κ1) is 7.89. The Balaban J connectivity index is 2.86. The average Bonchev–Trinajstić information content (AvgIpc) is 1.83. The molecule has 0 radical (unpaired) electrons. The van der Waals surface area contributed by atoms with Crippen molar-refractivity contribution in [1.29, 1.82) is 0 Å². The molecule has 2 heteroatoms. The van der Waals surface area contributed by atoms with Gasteiger partial charge in [-0.3, -0.25) is 4.39 Å². The van der Waals surface area contributed by atoms with Crippen molar-refractivity contribution in [1.82, 2.24) is 0 Å². The number of hydrogen-bond acceptors (Lipinski definition) is 1. The van der Waals surface area contributed by atoms with E-state index in [-0.39, 0.29) is 19.2 Å².